The molecule has 0 aromatic rings. The first-order valence-electron chi connectivity index (χ1n) is 9.84. The Kier molecular flexibility index (Phi) is 6.35. The zero-order valence-electron chi connectivity index (χ0n) is 14.8. The molecule has 2 saturated heterocycles. The largest absolute Gasteiger partial charge is 0.376 e. The van der Waals surface area contributed by atoms with Crippen molar-refractivity contribution in [3.8, 4) is 0 Å². The van der Waals surface area contributed by atoms with Crippen LogP contribution in [0.25, 0.3) is 0 Å². The van der Waals surface area contributed by atoms with Crippen molar-refractivity contribution in [1.29, 1.82) is 0 Å². The molecule has 1 saturated carbocycles. The number of rotatable bonds is 6. The quantitative estimate of drug-likeness (QED) is 0.817. The van der Waals surface area contributed by atoms with Crippen LogP contribution < -0.4 is 5.32 Å². The highest BCUT2D eigenvalue weighted by atomic mass is 16.5. The molecular formula is C19H34N2O2. The van der Waals surface area contributed by atoms with Crippen LogP contribution in [0.4, 0.5) is 0 Å². The first-order chi connectivity index (χ1) is 11.2. The molecule has 2 atom stereocenters. The summed E-state index contributed by atoms with van der Waals surface area (Å²) >= 11 is 0. The third kappa shape index (κ3) is 4.93. The van der Waals surface area contributed by atoms with Crippen LogP contribution in [-0.2, 0) is 9.53 Å². The van der Waals surface area contributed by atoms with Crippen LogP contribution in [0.15, 0.2) is 0 Å². The maximum Gasteiger partial charge on any atom is 0.222 e. The van der Waals surface area contributed by atoms with E-state index in [1.54, 1.807) is 0 Å². The summed E-state index contributed by atoms with van der Waals surface area (Å²) in [6, 6.07) is 0.463. The summed E-state index contributed by atoms with van der Waals surface area (Å²) in [4.78, 5) is 15.1. The van der Waals surface area contributed by atoms with Gasteiger partial charge in [-0.2, -0.15) is 0 Å². The topological polar surface area (TPSA) is 41.6 Å². The normalized spacial score (nSPS) is 34.7. The van der Waals surface area contributed by atoms with Crippen molar-refractivity contribution in [3.63, 3.8) is 0 Å². The van der Waals surface area contributed by atoms with Gasteiger partial charge in [-0.25, -0.2) is 0 Å². The minimum Gasteiger partial charge on any atom is -0.376 e. The summed E-state index contributed by atoms with van der Waals surface area (Å²) in [5.74, 6) is 1.91. The van der Waals surface area contributed by atoms with Gasteiger partial charge in [0.2, 0.25) is 5.91 Å². The lowest BCUT2D eigenvalue weighted by Crippen LogP contribution is -2.46. The lowest BCUT2D eigenvalue weighted by atomic mass is 9.86. The second-order valence-electron chi connectivity index (χ2n) is 7.99. The van der Waals surface area contributed by atoms with Crippen LogP contribution in [0.5, 0.6) is 0 Å². The minimum absolute atomic E-state index is 0.284. The van der Waals surface area contributed by atoms with E-state index in [0.717, 1.165) is 57.8 Å². The van der Waals surface area contributed by atoms with Crippen LogP contribution in [0.3, 0.4) is 0 Å². The maximum absolute atomic E-state index is 12.9. The molecule has 132 valence electrons. The Morgan fingerprint density at radius 3 is 2.65 bits per heavy atom. The predicted molar refractivity (Wildman–Crippen MR) is 92.3 cm³/mol. The number of hydrogen-bond acceptors (Lipinski definition) is 3. The van der Waals surface area contributed by atoms with E-state index < -0.39 is 0 Å². The Hall–Kier alpha value is -0.610. The van der Waals surface area contributed by atoms with Crippen LogP contribution >= 0.6 is 0 Å². The van der Waals surface area contributed by atoms with Crippen LogP contribution in [0, 0.1) is 11.8 Å². The molecular weight excluding hydrogens is 288 g/mol. The van der Waals surface area contributed by atoms with Gasteiger partial charge in [0.25, 0.3) is 0 Å². The maximum atomic E-state index is 12.9. The summed E-state index contributed by atoms with van der Waals surface area (Å²) in [7, 11) is 0. The zero-order valence-corrected chi connectivity index (χ0v) is 14.8. The highest BCUT2D eigenvalue weighted by molar-refractivity contribution is 5.76. The Balaban J connectivity index is 1.54. The average molecular weight is 322 g/mol. The lowest BCUT2D eigenvalue weighted by Gasteiger charge is -2.37. The van der Waals surface area contributed by atoms with Gasteiger partial charge in [0.05, 0.1) is 6.10 Å². The summed E-state index contributed by atoms with van der Waals surface area (Å²) in [6.45, 7) is 6.28. The number of nitrogens with one attached hydrogen (secondary N) is 1. The summed E-state index contributed by atoms with van der Waals surface area (Å²) in [6.07, 6.45) is 10.5. The summed E-state index contributed by atoms with van der Waals surface area (Å²) in [5, 5.41) is 3.41. The molecule has 0 spiro atoms. The SMILES string of the molecule is CC1CCC(N(CC2CCCO2)C(=O)CCC2CCNC2)CC1. The van der Waals surface area contributed by atoms with Gasteiger partial charge in [-0.1, -0.05) is 6.92 Å². The van der Waals surface area contributed by atoms with Gasteiger partial charge in [-0.15, -0.1) is 0 Å². The average Bonchev–Trinajstić information content (AvgIpc) is 3.25. The Morgan fingerprint density at radius 2 is 2.00 bits per heavy atom. The van der Waals surface area contributed by atoms with Crippen molar-refractivity contribution in [3.05, 3.63) is 0 Å². The molecule has 3 fully saturated rings. The van der Waals surface area contributed by atoms with E-state index in [9.17, 15) is 4.79 Å². The zero-order chi connectivity index (χ0) is 16.1. The van der Waals surface area contributed by atoms with Gasteiger partial charge in [0, 0.05) is 25.6 Å². The van der Waals surface area contributed by atoms with E-state index in [1.165, 1.54) is 32.1 Å². The Bertz CT molecular complexity index is 368. The standard InChI is InChI=1S/C19H34N2O2/c1-15-4-7-17(8-5-15)21(14-18-3-2-12-23-18)19(22)9-6-16-10-11-20-13-16/h15-18,20H,2-14H2,1H3. The fourth-order valence-electron chi connectivity index (χ4n) is 4.45. The Morgan fingerprint density at radius 1 is 1.17 bits per heavy atom. The smallest absolute Gasteiger partial charge is 0.222 e. The van der Waals surface area contributed by atoms with Gasteiger partial charge in [0.15, 0.2) is 0 Å². The van der Waals surface area contributed by atoms with Crippen molar-refractivity contribution in [1.82, 2.24) is 10.2 Å². The molecule has 2 aliphatic heterocycles. The van der Waals surface area contributed by atoms with E-state index in [4.69, 9.17) is 4.74 Å². The molecule has 2 unspecified atom stereocenters. The van der Waals surface area contributed by atoms with Crippen molar-refractivity contribution < 1.29 is 9.53 Å². The molecule has 3 rings (SSSR count). The molecule has 3 aliphatic rings. The van der Waals surface area contributed by atoms with Crippen molar-refractivity contribution in [2.45, 2.75) is 76.9 Å². The molecule has 1 N–H and O–H groups in total. The molecule has 0 radical (unpaired) electrons. The number of nitrogens with zero attached hydrogens (tertiary/aromatic N) is 1. The van der Waals surface area contributed by atoms with Gasteiger partial charge in [-0.3, -0.25) is 4.79 Å². The summed E-state index contributed by atoms with van der Waals surface area (Å²) < 4.78 is 5.82. The van der Waals surface area contributed by atoms with Gasteiger partial charge >= 0.3 is 0 Å². The number of amides is 1. The monoisotopic (exact) mass is 322 g/mol. The van der Waals surface area contributed by atoms with E-state index in [2.05, 4.69) is 17.1 Å². The summed E-state index contributed by atoms with van der Waals surface area (Å²) in [5.41, 5.74) is 0. The van der Waals surface area contributed by atoms with Crippen molar-refractivity contribution in [2.24, 2.45) is 11.8 Å². The molecule has 0 aromatic heterocycles. The number of carbonyl (C=O) groups is 1. The van der Waals surface area contributed by atoms with Crippen LogP contribution in [0.2, 0.25) is 0 Å². The second-order valence-corrected chi connectivity index (χ2v) is 7.99. The number of ether oxygens (including phenoxy) is 1. The van der Waals surface area contributed by atoms with Crippen molar-refractivity contribution >= 4 is 5.91 Å². The van der Waals surface area contributed by atoms with E-state index in [-0.39, 0.29) is 6.10 Å². The number of carbonyl (C=O) groups excluding carboxylic acids is 1. The fourth-order valence-corrected chi connectivity index (χ4v) is 4.45. The molecule has 0 aromatic carbocycles. The van der Waals surface area contributed by atoms with Crippen LogP contribution in [0.1, 0.15) is 64.7 Å². The van der Waals surface area contributed by atoms with Crippen molar-refractivity contribution in [2.75, 3.05) is 26.2 Å². The number of hydrogen-bond donors (Lipinski definition) is 1. The first-order valence-corrected chi connectivity index (χ1v) is 9.84. The fraction of sp³-hybridized carbons (Fsp3) is 0.947. The highest BCUT2D eigenvalue weighted by Crippen LogP contribution is 2.29. The third-order valence-corrected chi connectivity index (χ3v) is 6.10. The first kappa shape index (κ1) is 17.2. The molecule has 4 nitrogen and oxygen atoms in total. The molecule has 4 heteroatoms. The third-order valence-electron chi connectivity index (χ3n) is 6.10. The molecule has 1 aliphatic carbocycles. The van der Waals surface area contributed by atoms with E-state index in [1.807, 2.05) is 0 Å². The van der Waals surface area contributed by atoms with E-state index >= 15 is 0 Å². The lowest BCUT2D eigenvalue weighted by molar-refractivity contribution is -0.136. The molecule has 1 amide bonds. The highest BCUT2D eigenvalue weighted by Gasteiger charge is 2.31. The van der Waals surface area contributed by atoms with Crippen LogP contribution in [-0.4, -0.2) is 49.2 Å². The molecule has 23 heavy (non-hydrogen) atoms. The second kappa shape index (κ2) is 8.48. The van der Waals surface area contributed by atoms with Gasteiger partial charge in [-0.05, 0) is 76.3 Å². The predicted octanol–water partition coefficient (Wildman–Crippen LogP) is 2.96. The molecule has 2 heterocycles. The minimum atomic E-state index is 0.284. The Labute approximate surface area is 141 Å². The van der Waals surface area contributed by atoms with Gasteiger partial charge in [0.1, 0.15) is 0 Å². The molecule has 0 bridgehead atoms. The van der Waals surface area contributed by atoms with E-state index in [0.29, 0.717) is 17.9 Å². The van der Waals surface area contributed by atoms with Gasteiger partial charge < -0.3 is 15.0 Å².